The number of hydrogen-bond acceptors (Lipinski definition) is 3. The molecule has 0 saturated carbocycles. The fraction of sp³-hybridized carbons (Fsp3) is 0.294. The lowest BCUT2D eigenvalue weighted by molar-refractivity contribution is 0.354. The minimum atomic E-state index is 0.0994. The van der Waals surface area contributed by atoms with Crippen LogP contribution < -0.4 is 14.8 Å². The van der Waals surface area contributed by atoms with Crippen LogP contribution in [0.4, 0.5) is 0 Å². The molecule has 2 aromatic rings. The lowest BCUT2D eigenvalue weighted by Crippen LogP contribution is -2.19. The Kier molecular flexibility index (Phi) is 5.26. The van der Waals surface area contributed by atoms with Crippen molar-refractivity contribution < 1.29 is 9.47 Å². The molecule has 0 spiro atoms. The summed E-state index contributed by atoms with van der Waals surface area (Å²) in [6.45, 7) is 2.12. The Morgan fingerprint density at radius 3 is 2.38 bits per heavy atom. The van der Waals surface area contributed by atoms with Gasteiger partial charge in [0.05, 0.1) is 20.3 Å². The van der Waals surface area contributed by atoms with Crippen molar-refractivity contribution >= 4 is 15.9 Å². The largest absolute Gasteiger partial charge is 0.493 e. The summed E-state index contributed by atoms with van der Waals surface area (Å²) in [6, 6.07) is 12.4. The van der Waals surface area contributed by atoms with Crippen LogP contribution in [-0.4, -0.2) is 21.3 Å². The maximum atomic E-state index is 5.40. The summed E-state index contributed by atoms with van der Waals surface area (Å²) in [7, 11) is 5.26. The first-order chi connectivity index (χ1) is 10.1. The van der Waals surface area contributed by atoms with Crippen molar-refractivity contribution in [3.8, 4) is 11.5 Å². The van der Waals surface area contributed by atoms with Crippen LogP contribution in [0.25, 0.3) is 0 Å². The molecule has 0 aliphatic heterocycles. The molecule has 0 aromatic heterocycles. The van der Waals surface area contributed by atoms with E-state index in [4.69, 9.17) is 9.47 Å². The van der Waals surface area contributed by atoms with E-state index in [-0.39, 0.29) is 6.04 Å². The summed E-state index contributed by atoms with van der Waals surface area (Å²) >= 11 is 3.59. The van der Waals surface area contributed by atoms with Crippen molar-refractivity contribution in [2.45, 2.75) is 13.0 Å². The van der Waals surface area contributed by atoms with Crippen molar-refractivity contribution in [2.75, 3.05) is 21.3 Å². The van der Waals surface area contributed by atoms with Gasteiger partial charge in [-0.1, -0.05) is 34.1 Å². The van der Waals surface area contributed by atoms with Gasteiger partial charge in [-0.25, -0.2) is 0 Å². The quantitative estimate of drug-likeness (QED) is 0.881. The van der Waals surface area contributed by atoms with Gasteiger partial charge in [0.1, 0.15) is 0 Å². The number of hydrogen-bond donors (Lipinski definition) is 1. The first kappa shape index (κ1) is 15.9. The fourth-order valence-electron chi connectivity index (χ4n) is 2.47. The Balaban J connectivity index is 2.49. The lowest BCUT2D eigenvalue weighted by Gasteiger charge is -2.21. The van der Waals surface area contributed by atoms with E-state index in [2.05, 4.69) is 52.4 Å². The molecule has 4 heteroatoms. The Labute approximate surface area is 134 Å². The van der Waals surface area contributed by atoms with Gasteiger partial charge in [0.25, 0.3) is 0 Å². The van der Waals surface area contributed by atoms with Gasteiger partial charge < -0.3 is 14.8 Å². The molecule has 1 atom stereocenters. The zero-order valence-corrected chi connectivity index (χ0v) is 14.3. The van der Waals surface area contributed by atoms with Crippen molar-refractivity contribution in [1.29, 1.82) is 0 Å². The standard InChI is InChI=1S/C17H20BrNO2/c1-11-13(6-5-7-14(11)18)17(19-2)12-8-9-15(20-3)16(10-12)21-4/h5-10,17,19H,1-4H3. The topological polar surface area (TPSA) is 30.5 Å². The molecule has 1 N–H and O–H groups in total. The SMILES string of the molecule is CNC(c1ccc(OC)c(OC)c1)c1cccc(Br)c1C. The van der Waals surface area contributed by atoms with E-state index < -0.39 is 0 Å². The summed E-state index contributed by atoms with van der Waals surface area (Å²) in [5, 5.41) is 3.37. The Morgan fingerprint density at radius 2 is 1.76 bits per heavy atom. The Morgan fingerprint density at radius 1 is 1.05 bits per heavy atom. The smallest absolute Gasteiger partial charge is 0.161 e. The second kappa shape index (κ2) is 6.96. The zero-order valence-electron chi connectivity index (χ0n) is 12.7. The molecular formula is C17H20BrNO2. The molecule has 21 heavy (non-hydrogen) atoms. The molecule has 0 amide bonds. The predicted molar refractivity (Wildman–Crippen MR) is 89.3 cm³/mol. The van der Waals surface area contributed by atoms with E-state index in [1.807, 2.05) is 19.2 Å². The van der Waals surface area contributed by atoms with Gasteiger partial charge in [-0.05, 0) is 48.9 Å². The molecule has 0 radical (unpaired) electrons. The van der Waals surface area contributed by atoms with Crippen LogP contribution >= 0.6 is 15.9 Å². The average molecular weight is 350 g/mol. The van der Waals surface area contributed by atoms with E-state index in [1.165, 1.54) is 11.1 Å². The molecule has 3 nitrogen and oxygen atoms in total. The van der Waals surface area contributed by atoms with Gasteiger partial charge in [-0.15, -0.1) is 0 Å². The van der Waals surface area contributed by atoms with Crippen LogP contribution in [0, 0.1) is 6.92 Å². The maximum Gasteiger partial charge on any atom is 0.161 e. The van der Waals surface area contributed by atoms with Gasteiger partial charge >= 0.3 is 0 Å². The molecule has 0 aliphatic rings. The van der Waals surface area contributed by atoms with Crippen LogP contribution in [0.2, 0.25) is 0 Å². The summed E-state index contributed by atoms with van der Waals surface area (Å²) < 4.78 is 11.8. The molecule has 0 bridgehead atoms. The van der Waals surface area contributed by atoms with Gasteiger partial charge in [-0.2, -0.15) is 0 Å². The molecule has 112 valence electrons. The summed E-state index contributed by atoms with van der Waals surface area (Å²) in [5.74, 6) is 1.48. The van der Waals surface area contributed by atoms with Crippen LogP contribution in [0.15, 0.2) is 40.9 Å². The minimum absolute atomic E-state index is 0.0994. The van der Waals surface area contributed by atoms with Gasteiger partial charge in [0, 0.05) is 4.47 Å². The highest BCUT2D eigenvalue weighted by atomic mass is 79.9. The van der Waals surface area contributed by atoms with Crippen molar-refractivity contribution in [2.24, 2.45) is 0 Å². The average Bonchev–Trinajstić information content (AvgIpc) is 2.51. The molecule has 2 aromatic carbocycles. The maximum absolute atomic E-state index is 5.40. The molecule has 1 unspecified atom stereocenters. The van der Waals surface area contributed by atoms with Crippen LogP contribution in [0.5, 0.6) is 11.5 Å². The molecule has 0 heterocycles. The number of nitrogens with one attached hydrogen (secondary N) is 1. The van der Waals surface area contributed by atoms with Crippen LogP contribution in [0.1, 0.15) is 22.7 Å². The van der Waals surface area contributed by atoms with Gasteiger partial charge in [0.15, 0.2) is 11.5 Å². The molecule has 0 fully saturated rings. The number of ether oxygens (including phenoxy) is 2. The van der Waals surface area contributed by atoms with E-state index in [1.54, 1.807) is 14.2 Å². The number of halogens is 1. The third-order valence-electron chi connectivity index (χ3n) is 3.65. The van der Waals surface area contributed by atoms with Gasteiger partial charge in [-0.3, -0.25) is 0 Å². The molecule has 0 aliphatic carbocycles. The second-order valence-corrected chi connectivity index (χ2v) is 5.64. The van der Waals surface area contributed by atoms with E-state index in [9.17, 15) is 0 Å². The van der Waals surface area contributed by atoms with E-state index >= 15 is 0 Å². The minimum Gasteiger partial charge on any atom is -0.493 e. The predicted octanol–water partition coefficient (Wildman–Crippen LogP) is 4.08. The first-order valence-corrected chi connectivity index (χ1v) is 7.55. The lowest BCUT2D eigenvalue weighted by atomic mass is 9.95. The third-order valence-corrected chi connectivity index (χ3v) is 4.51. The summed E-state index contributed by atoms with van der Waals surface area (Å²) in [5.41, 5.74) is 3.60. The highest BCUT2D eigenvalue weighted by Gasteiger charge is 2.17. The van der Waals surface area contributed by atoms with Crippen molar-refractivity contribution in [1.82, 2.24) is 5.32 Å². The van der Waals surface area contributed by atoms with Crippen molar-refractivity contribution in [3.05, 3.63) is 57.6 Å². The van der Waals surface area contributed by atoms with E-state index in [0.717, 1.165) is 21.5 Å². The Hall–Kier alpha value is -1.52. The Bertz CT molecular complexity index is 628. The monoisotopic (exact) mass is 349 g/mol. The molecule has 2 rings (SSSR count). The third kappa shape index (κ3) is 3.22. The number of benzene rings is 2. The highest BCUT2D eigenvalue weighted by Crippen LogP contribution is 2.34. The normalized spacial score (nSPS) is 12.0. The summed E-state index contributed by atoms with van der Waals surface area (Å²) in [4.78, 5) is 0. The summed E-state index contributed by atoms with van der Waals surface area (Å²) in [6.07, 6.45) is 0. The zero-order chi connectivity index (χ0) is 15.4. The second-order valence-electron chi connectivity index (χ2n) is 4.79. The van der Waals surface area contributed by atoms with Crippen LogP contribution in [-0.2, 0) is 0 Å². The van der Waals surface area contributed by atoms with E-state index in [0.29, 0.717) is 0 Å². The highest BCUT2D eigenvalue weighted by molar-refractivity contribution is 9.10. The van der Waals surface area contributed by atoms with Crippen LogP contribution in [0.3, 0.4) is 0 Å². The molecule has 0 saturated heterocycles. The van der Waals surface area contributed by atoms with Gasteiger partial charge in [0.2, 0.25) is 0 Å². The number of rotatable bonds is 5. The van der Waals surface area contributed by atoms with Crippen molar-refractivity contribution in [3.63, 3.8) is 0 Å². The first-order valence-electron chi connectivity index (χ1n) is 6.76. The number of methoxy groups -OCH3 is 2. The fourth-order valence-corrected chi connectivity index (χ4v) is 2.85. The molecular weight excluding hydrogens is 330 g/mol.